The summed E-state index contributed by atoms with van der Waals surface area (Å²) < 4.78 is 0. The number of nitrogens with zero attached hydrogens (tertiary/aromatic N) is 3. The van der Waals surface area contributed by atoms with E-state index in [2.05, 4.69) is 17.1 Å². The first kappa shape index (κ1) is 17.5. The van der Waals surface area contributed by atoms with Crippen molar-refractivity contribution in [2.24, 2.45) is 0 Å². The highest BCUT2D eigenvalue weighted by Gasteiger charge is 2.36. The standard InChI is InChI=1S/C18H21ClN4O2/c1-2-3-4-15-11-22(14-7-5-13(19)6-8-14)17(24)12-23(15)18(25)16-9-10-20-21-16/h5-10,15H,2-4,11-12H2,1H3,(H,20,21). The van der Waals surface area contributed by atoms with Gasteiger partial charge in [-0.25, -0.2) is 0 Å². The maximum atomic E-state index is 12.7. The number of nitrogens with one attached hydrogen (secondary N) is 1. The number of hydrogen-bond acceptors (Lipinski definition) is 3. The van der Waals surface area contributed by atoms with Crippen molar-refractivity contribution in [3.05, 3.63) is 47.2 Å². The monoisotopic (exact) mass is 360 g/mol. The molecule has 1 aliphatic rings. The maximum absolute atomic E-state index is 12.7. The molecule has 0 saturated carbocycles. The Morgan fingerprint density at radius 1 is 1.32 bits per heavy atom. The molecule has 6 nitrogen and oxygen atoms in total. The second-order valence-electron chi connectivity index (χ2n) is 6.18. The lowest BCUT2D eigenvalue weighted by Crippen LogP contribution is -2.58. The minimum atomic E-state index is -0.178. The van der Waals surface area contributed by atoms with Crippen LogP contribution >= 0.6 is 11.6 Å². The molecule has 1 aromatic heterocycles. The van der Waals surface area contributed by atoms with Crippen LogP contribution in [0.25, 0.3) is 0 Å². The summed E-state index contributed by atoms with van der Waals surface area (Å²) >= 11 is 5.94. The zero-order valence-corrected chi connectivity index (χ0v) is 14.9. The van der Waals surface area contributed by atoms with Crippen LogP contribution < -0.4 is 4.90 Å². The second-order valence-corrected chi connectivity index (χ2v) is 6.62. The highest BCUT2D eigenvalue weighted by molar-refractivity contribution is 6.30. The van der Waals surface area contributed by atoms with Crippen molar-refractivity contribution >= 4 is 29.1 Å². The van der Waals surface area contributed by atoms with E-state index in [1.165, 1.54) is 0 Å². The molecule has 2 amide bonds. The first-order valence-electron chi connectivity index (χ1n) is 8.46. The van der Waals surface area contributed by atoms with E-state index in [-0.39, 0.29) is 24.4 Å². The van der Waals surface area contributed by atoms with Crippen LogP contribution in [0.2, 0.25) is 5.02 Å². The van der Waals surface area contributed by atoms with Crippen molar-refractivity contribution in [2.45, 2.75) is 32.2 Å². The molecule has 1 saturated heterocycles. The van der Waals surface area contributed by atoms with Gasteiger partial charge in [-0.1, -0.05) is 31.4 Å². The van der Waals surface area contributed by atoms with Gasteiger partial charge in [-0.2, -0.15) is 5.10 Å². The molecule has 132 valence electrons. The lowest BCUT2D eigenvalue weighted by molar-refractivity contribution is -0.121. The summed E-state index contributed by atoms with van der Waals surface area (Å²) in [6.07, 6.45) is 4.44. The summed E-state index contributed by atoms with van der Waals surface area (Å²) in [7, 11) is 0. The largest absolute Gasteiger partial charge is 0.323 e. The minimum absolute atomic E-state index is 0.0240. The summed E-state index contributed by atoms with van der Waals surface area (Å²) in [5, 5.41) is 7.16. The van der Waals surface area contributed by atoms with Crippen molar-refractivity contribution in [1.29, 1.82) is 0 Å². The normalized spacial score (nSPS) is 17.8. The van der Waals surface area contributed by atoms with Crippen LogP contribution in [0.15, 0.2) is 36.5 Å². The van der Waals surface area contributed by atoms with Crippen molar-refractivity contribution in [3.63, 3.8) is 0 Å². The number of rotatable bonds is 5. The molecule has 1 aliphatic heterocycles. The van der Waals surface area contributed by atoms with E-state index in [4.69, 9.17) is 11.6 Å². The number of H-pyrrole nitrogens is 1. The quantitative estimate of drug-likeness (QED) is 0.890. The molecule has 2 aromatic rings. The molecule has 0 spiro atoms. The van der Waals surface area contributed by atoms with Gasteiger partial charge in [-0.15, -0.1) is 0 Å². The van der Waals surface area contributed by atoms with Gasteiger partial charge >= 0.3 is 0 Å². The Morgan fingerprint density at radius 3 is 2.72 bits per heavy atom. The third-order valence-electron chi connectivity index (χ3n) is 4.46. The fourth-order valence-electron chi connectivity index (χ4n) is 3.10. The Balaban J connectivity index is 1.82. The maximum Gasteiger partial charge on any atom is 0.272 e. The number of aromatic amines is 1. The molecule has 0 aliphatic carbocycles. The Hall–Kier alpha value is -2.34. The fourth-order valence-corrected chi connectivity index (χ4v) is 3.22. The predicted octanol–water partition coefficient (Wildman–Crippen LogP) is 3.11. The number of aromatic nitrogens is 2. The van der Waals surface area contributed by atoms with Gasteiger partial charge in [0.1, 0.15) is 12.2 Å². The Bertz CT molecular complexity index is 730. The van der Waals surface area contributed by atoms with Crippen LogP contribution in [-0.4, -0.2) is 46.0 Å². The van der Waals surface area contributed by atoms with Crippen LogP contribution in [0.3, 0.4) is 0 Å². The summed E-state index contributed by atoms with van der Waals surface area (Å²) in [6, 6.07) is 8.83. The smallest absolute Gasteiger partial charge is 0.272 e. The van der Waals surface area contributed by atoms with Gasteiger partial charge in [-0.3, -0.25) is 14.7 Å². The molecule has 1 N–H and O–H groups in total. The van der Waals surface area contributed by atoms with E-state index in [9.17, 15) is 9.59 Å². The van der Waals surface area contributed by atoms with E-state index in [0.29, 0.717) is 17.3 Å². The van der Waals surface area contributed by atoms with Crippen LogP contribution in [0.1, 0.15) is 36.7 Å². The molecular weight excluding hydrogens is 340 g/mol. The van der Waals surface area contributed by atoms with Gasteiger partial charge in [0.05, 0.1) is 6.04 Å². The highest BCUT2D eigenvalue weighted by atomic mass is 35.5. The molecule has 0 bridgehead atoms. The van der Waals surface area contributed by atoms with E-state index < -0.39 is 0 Å². The molecule has 2 heterocycles. The Labute approximate surface area is 151 Å². The molecule has 7 heteroatoms. The van der Waals surface area contributed by atoms with Gasteiger partial charge < -0.3 is 9.80 Å². The van der Waals surface area contributed by atoms with Gasteiger partial charge in [0.2, 0.25) is 5.91 Å². The third-order valence-corrected chi connectivity index (χ3v) is 4.71. The van der Waals surface area contributed by atoms with E-state index in [0.717, 1.165) is 24.9 Å². The molecule has 25 heavy (non-hydrogen) atoms. The highest BCUT2D eigenvalue weighted by Crippen LogP contribution is 2.25. The number of piperazine rings is 1. The van der Waals surface area contributed by atoms with Crippen LogP contribution in [-0.2, 0) is 4.79 Å². The number of hydrogen-bond donors (Lipinski definition) is 1. The van der Waals surface area contributed by atoms with Crippen LogP contribution in [0.5, 0.6) is 0 Å². The molecule has 3 rings (SSSR count). The number of carbonyl (C=O) groups excluding carboxylic acids is 2. The predicted molar refractivity (Wildman–Crippen MR) is 96.7 cm³/mol. The number of amides is 2. The molecule has 1 fully saturated rings. The summed E-state index contributed by atoms with van der Waals surface area (Å²) in [5.41, 5.74) is 1.22. The Kier molecular flexibility index (Phi) is 5.38. The molecule has 1 atom stereocenters. The van der Waals surface area contributed by atoms with Gasteiger partial charge in [0, 0.05) is 23.5 Å². The van der Waals surface area contributed by atoms with E-state index in [1.807, 2.05) is 12.1 Å². The van der Waals surface area contributed by atoms with Gasteiger partial charge in [-0.05, 0) is 36.8 Å². The van der Waals surface area contributed by atoms with E-state index >= 15 is 0 Å². The van der Waals surface area contributed by atoms with E-state index in [1.54, 1.807) is 34.2 Å². The zero-order chi connectivity index (χ0) is 17.8. The zero-order valence-electron chi connectivity index (χ0n) is 14.1. The molecule has 1 unspecified atom stereocenters. The van der Waals surface area contributed by atoms with Gasteiger partial charge in [0.15, 0.2) is 0 Å². The number of anilines is 1. The average Bonchev–Trinajstić information content (AvgIpc) is 3.15. The van der Waals surface area contributed by atoms with Crippen molar-refractivity contribution in [2.75, 3.05) is 18.0 Å². The van der Waals surface area contributed by atoms with Gasteiger partial charge in [0.25, 0.3) is 5.91 Å². The van der Waals surface area contributed by atoms with Crippen molar-refractivity contribution in [3.8, 4) is 0 Å². The number of benzene rings is 1. The summed E-state index contributed by atoms with van der Waals surface area (Å²) in [5.74, 6) is -0.273. The topological polar surface area (TPSA) is 69.3 Å². The fraction of sp³-hybridized carbons (Fsp3) is 0.389. The minimum Gasteiger partial charge on any atom is -0.323 e. The van der Waals surface area contributed by atoms with Crippen LogP contribution in [0, 0.1) is 0 Å². The number of halogens is 1. The lowest BCUT2D eigenvalue weighted by Gasteiger charge is -2.41. The van der Waals surface area contributed by atoms with Crippen LogP contribution in [0.4, 0.5) is 5.69 Å². The lowest BCUT2D eigenvalue weighted by atomic mass is 10.0. The van der Waals surface area contributed by atoms with Crippen molar-refractivity contribution < 1.29 is 9.59 Å². The second kappa shape index (κ2) is 7.70. The molecule has 0 radical (unpaired) electrons. The first-order chi connectivity index (χ1) is 12.1. The summed E-state index contributed by atoms with van der Waals surface area (Å²) in [6.45, 7) is 2.67. The molecular formula is C18H21ClN4O2. The average molecular weight is 361 g/mol. The summed E-state index contributed by atoms with van der Waals surface area (Å²) in [4.78, 5) is 28.8. The Morgan fingerprint density at radius 2 is 2.08 bits per heavy atom. The third kappa shape index (κ3) is 3.85. The number of unbranched alkanes of at least 4 members (excludes halogenated alkanes) is 1. The first-order valence-corrected chi connectivity index (χ1v) is 8.84. The molecule has 1 aromatic carbocycles. The number of carbonyl (C=O) groups is 2. The van der Waals surface area contributed by atoms with Crippen molar-refractivity contribution in [1.82, 2.24) is 15.1 Å². The SMILES string of the molecule is CCCCC1CN(c2ccc(Cl)cc2)C(=O)CN1C(=O)c1ccn[nH]1.